The van der Waals surface area contributed by atoms with Gasteiger partial charge in [-0.15, -0.1) is 0 Å². The first-order valence-electron chi connectivity index (χ1n) is 9.13. The highest BCUT2D eigenvalue weighted by Gasteiger charge is 2.21. The van der Waals surface area contributed by atoms with E-state index in [-0.39, 0.29) is 0 Å². The molecule has 1 fully saturated rings. The Labute approximate surface area is 160 Å². The zero-order chi connectivity index (χ0) is 18.5. The molecule has 1 heterocycles. The van der Waals surface area contributed by atoms with Crippen LogP contribution in [0, 0.1) is 12.8 Å². The number of carbonyl (C=O) groups is 1. The third-order valence-electron chi connectivity index (χ3n) is 5.09. The summed E-state index contributed by atoms with van der Waals surface area (Å²) in [6.07, 6.45) is 3.52. The molecule has 1 unspecified atom stereocenters. The molecule has 0 saturated carbocycles. The van der Waals surface area contributed by atoms with E-state index in [1.165, 1.54) is 24.0 Å². The van der Waals surface area contributed by atoms with Gasteiger partial charge in [0.2, 0.25) is 0 Å². The van der Waals surface area contributed by atoms with Gasteiger partial charge in [-0.05, 0) is 73.5 Å². The molecule has 0 radical (unpaired) electrons. The standard InChI is InChI=1S/C21H26ClN3O/c1-15-4-2-6-20(24-21(23)26)19(15)14-25-11-3-5-17(13-25)12-16-7-9-18(22)10-8-16/h2,4,6-10,17H,3,5,11-14H2,1H3,(H3,23,24,26). The van der Waals surface area contributed by atoms with Crippen molar-refractivity contribution in [2.24, 2.45) is 11.7 Å². The molecule has 0 aliphatic carbocycles. The Hall–Kier alpha value is -2.04. The molecule has 0 aromatic heterocycles. The fourth-order valence-electron chi connectivity index (χ4n) is 3.80. The summed E-state index contributed by atoms with van der Waals surface area (Å²) in [5, 5.41) is 3.55. The van der Waals surface area contributed by atoms with E-state index in [2.05, 4.69) is 35.3 Å². The summed E-state index contributed by atoms with van der Waals surface area (Å²) in [6.45, 7) is 5.06. The van der Waals surface area contributed by atoms with Gasteiger partial charge in [-0.1, -0.05) is 35.9 Å². The van der Waals surface area contributed by atoms with E-state index in [0.29, 0.717) is 5.92 Å². The van der Waals surface area contributed by atoms with Crippen molar-refractivity contribution in [3.63, 3.8) is 0 Å². The summed E-state index contributed by atoms with van der Waals surface area (Å²) in [5.74, 6) is 0.640. The molecular weight excluding hydrogens is 346 g/mol. The van der Waals surface area contributed by atoms with Crippen molar-refractivity contribution in [2.75, 3.05) is 18.4 Å². The van der Waals surface area contributed by atoms with Gasteiger partial charge in [-0.2, -0.15) is 0 Å². The highest BCUT2D eigenvalue weighted by molar-refractivity contribution is 6.30. The predicted octanol–water partition coefficient (Wildman–Crippen LogP) is 4.59. The number of nitrogens with one attached hydrogen (secondary N) is 1. The number of piperidine rings is 1. The van der Waals surface area contributed by atoms with Gasteiger partial charge in [0, 0.05) is 23.8 Å². The zero-order valence-electron chi connectivity index (χ0n) is 15.2. The lowest BCUT2D eigenvalue weighted by atomic mass is 9.91. The van der Waals surface area contributed by atoms with Crippen LogP contribution in [-0.2, 0) is 13.0 Å². The number of carbonyl (C=O) groups excluding carboxylic acids is 1. The van der Waals surface area contributed by atoms with Gasteiger partial charge in [-0.25, -0.2) is 4.79 Å². The van der Waals surface area contributed by atoms with E-state index in [9.17, 15) is 4.79 Å². The predicted molar refractivity (Wildman–Crippen MR) is 108 cm³/mol. The van der Waals surface area contributed by atoms with Crippen LogP contribution in [0.2, 0.25) is 5.02 Å². The van der Waals surface area contributed by atoms with Crippen molar-refractivity contribution in [3.05, 3.63) is 64.2 Å². The lowest BCUT2D eigenvalue weighted by Gasteiger charge is -2.33. The molecular formula is C21H26ClN3O. The first-order chi connectivity index (χ1) is 12.5. The molecule has 1 aliphatic rings. The van der Waals surface area contributed by atoms with E-state index in [1.54, 1.807) is 0 Å². The normalized spacial score (nSPS) is 17.8. The number of amides is 2. The van der Waals surface area contributed by atoms with Crippen LogP contribution in [0.4, 0.5) is 10.5 Å². The lowest BCUT2D eigenvalue weighted by molar-refractivity contribution is 0.167. The highest BCUT2D eigenvalue weighted by Crippen LogP contribution is 2.26. The number of benzene rings is 2. The van der Waals surface area contributed by atoms with Crippen LogP contribution in [0.1, 0.15) is 29.5 Å². The van der Waals surface area contributed by atoms with Crippen LogP contribution < -0.4 is 11.1 Å². The Balaban J connectivity index is 1.67. The van der Waals surface area contributed by atoms with Crippen molar-refractivity contribution in [3.8, 4) is 0 Å². The van der Waals surface area contributed by atoms with E-state index in [1.807, 2.05) is 24.3 Å². The maximum atomic E-state index is 11.3. The molecule has 3 rings (SSSR count). The smallest absolute Gasteiger partial charge is 0.316 e. The number of rotatable bonds is 5. The summed E-state index contributed by atoms with van der Waals surface area (Å²) in [6, 6.07) is 13.6. The molecule has 2 aromatic rings. The molecule has 2 amide bonds. The summed E-state index contributed by atoms with van der Waals surface area (Å²) >= 11 is 5.99. The van der Waals surface area contributed by atoms with Gasteiger partial charge in [0.15, 0.2) is 0 Å². The molecule has 0 bridgehead atoms. The van der Waals surface area contributed by atoms with Crippen LogP contribution in [0.3, 0.4) is 0 Å². The SMILES string of the molecule is Cc1cccc(NC(N)=O)c1CN1CCCC(Cc2ccc(Cl)cc2)C1. The maximum Gasteiger partial charge on any atom is 0.316 e. The van der Waals surface area contributed by atoms with Crippen LogP contribution in [0.15, 0.2) is 42.5 Å². The number of aryl methyl sites for hydroxylation is 1. The average Bonchev–Trinajstić information content (AvgIpc) is 2.60. The zero-order valence-corrected chi connectivity index (χ0v) is 15.9. The van der Waals surface area contributed by atoms with Gasteiger partial charge in [0.1, 0.15) is 0 Å². The Kier molecular flexibility index (Phi) is 6.17. The number of likely N-dealkylation sites (tertiary alicyclic amines) is 1. The van der Waals surface area contributed by atoms with Gasteiger partial charge in [0.25, 0.3) is 0 Å². The summed E-state index contributed by atoms with van der Waals surface area (Å²) in [5.41, 5.74) is 9.81. The highest BCUT2D eigenvalue weighted by atomic mass is 35.5. The summed E-state index contributed by atoms with van der Waals surface area (Å²) in [7, 11) is 0. The number of nitrogens with two attached hydrogens (primary N) is 1. The molecule has 1 saturated heterocycles. The Bertz CT molecular complexity index is 760. The molecule has 4 nitrogen and oxygen atoms in total. The number of halogens is 1. The van der Waals surface area contributed by atoms with Crippen molar-refractivity contribution < 1.29 is 4.79 Å². The average molecular weight is 372 g/mol. The Morgan fingerprint density at radius 1 is 1.27 bits per heavy atom. The second kappa shape index (κ2) is 8.56. The third kappa shape index (κ3) is 4.99. The minimum Gasteiger partial charge on any atom is -0.351 e. The van der Waals surface area contributed by atoms with Crippen molar-refractivity contribution in [1.82, 2.24) is 4.90 Å². The van der Waals surface area contributed by atoms with Crippen LogP contribution >= 0.6 is 11.6 Å². The van der Waals surface area contributed by atoms with E-state index >= 15 is 0 Å². The minimum absolute atomic E-state index is 0.517. The number of nitrogens with zero attached hydrogens (tertiary/aromatic N) is 1. The van der Waals surface area contributed by atoms with Gasteiger partial charge in [0.05, 0.1) is 0 Å². The van der Waals surface area contributed by atoms with E-state index in [0.717, 1.165) is 42.3 Å². The fourth-order valence-corrected chi connectivity index (χ4v) is 3.93. The number of anilines is 1. The number of urea groups is 1. The van der Waals surface area contributed by atoms with Gasteiger partial charge in [-0.3, -0.25) is 4.90 Å². The van der Waals surface area contributed by atoms with Crippen molar-refractivity contribution >= 4 is 23.3 Å². The fraction of sp³-hybridized carbons (Fsp3) is 0.381. The first-order valence-corrected chi connectivity index (χ1v) is 9.51. The molecule has 1 aliphatic heterocycles. The molecule has 1 atom stereocenters. The number of hydrogen-bond donors (Lipinski definition) is 2. The van der Waals surface area contributed by atoms with Crippen LogP contribution in [0.25, 0.3) is 0 Å². The molecule has 2 aromatic carbocycles. The Morgan fingerprint density at radius 2 is 2.04 bits per heavy atom. The van der Waals surface area contributed by atoms with E-state index < -0.39 is 6.03 Å². The molecule has 138 valence electrons. The van der Waals surface area contributed by atoms with Crippen LogP contribution in [-0.4, -0.2) is 24.0 Å². The minimum atomic E-state index is -0.517. The monoisotopic (exact) mass is 371 g/mol. The first kappa shape index (κ1) is 18.7. The second-order valence-electron chi connectivity index (χ2n) is 7.16. The topological polar surface area (TPSA) is 58.4 Å². The lowest BCUT2D eigenvalue weighted by Crippen LogP contribution is -2.36. The third-order valence-corrected chi connectivity index (χ3v) is 5.34. The number of hydrogen-bond acceptors (Lipinski definition) is 2. The quantitative estimate of drug-likeness (QED) is 0.807. The van der Waals surface area contributed by atoms with Gasteiger partial charge < -0.3 is 11.1 Å². The number of primary amides is 1. The van der Waals surface area contributed by atoms with E-state index in [4.69, 9.17) is 17.3 Å². The molecule has 0 spiro atoms. The maximum absolute atomic E-state index is 11.3. The second-order valence-corrected chi connectivity index (χ2v) is 7.60. The summed E-state index contributed by atoms with van der Waals surface area (Å²) in [4.78, 5) is 13.8. The largest absolute Gasteiger partial charge is 0.351 e. The van der Waals surface area contributed by atoms with Crippen molar-refractivity contribution in [1.29, 1.82) is 0 Å². The van der Waals surface area contributed by atoms with Gasteiger partial charge >= 0.3 is 6.03 Å². The molecule has 3 N–H and O–H groups in total. The molecule has 5 heteroatoms. The van der Waals surface area contributed by atoms with Crippen molar-refractivity contribution in [2.45, 2.75) is 32.7 Å². The molecule has 26 heavy (non-hydrogen) atoms. The van der Waals surface area contributed by atoms with Crippen LogP contribution in [0.5, 0.6) is 0 Å². The Morgan fingerprint density at radius 3 is 2.77 bits per heavy atom. The summed E-state index contributed by atoms with van der Waals surface area (Å²) < 4.78 is 0.